The molecular weight excluding hydrogens is 853 g/mol. The Hall–Kier alpha value is -4.90. The minimum atomic E-state index is -4.69. The summed E-state index contributed by atoms with van der Waals surface area (Å²) in [5, 5.41) is 9.61. The summed E-state index contributed by atoms with van der Waals surface area (Å²) in [7, 11) is 3.45. The molecule has 3 aromatic carbocycles. The molecule has 3 aromatic rings. The second-order valence-corrected chi connectivity index (χ2v) is 22.9. The molecule has 0 aromatic heterocycles. The van der Waals surface area contributed by atoms with Gasteiger partial charge < -0.3 is 32.8 Å². The molecule has 1 N–H and O–H groups in total. The number of carboxylic acid groups (broad SMARTS) is 1. The van der Waals surface area contributed by atoms with Crippen molar-refractivity contribution in [3.05, 3.63) is 124 Å². The maximum absolute atomic E-state index is 12.2. The first kappa shape index (κ1) is 48.6. The molecule has 6 rings (SSSR count). The number of anilines is 1. The third-order valence-corrected chi connectivity index (χ3v) is 14.1. The zero-order valence-electron chi connectivity index (χ0n) is 38.8. The number of allylic oxidation sites excluding steroid dienone is 7. The fourth-order valence-electron chi connectivity index (χ4n) is 9.00. The van der Waals surface area contributed by atoms with E-state index in [9.17, 15) is 35.8 Å². The largest absolute Gasteiger partial charge is 0.744 e. The lowest BCUT2D eigenvalue weighted by atomic mass is 9.81. The molecule has 0 atom stereocenters. The molecule has 0 radical (unpaired) electrons. The van der Waals surface area contributed by atoms with Crippen molar-refractivity contribution in [1.82, 2.24) is 0 Å². The van der Waals surface area contributed by atoms with Crippen molar-refractivity contribution in [2.75, 3.05) is 73.4 Å². The Kier molecular flexibility index (Phi) is 13.5. The second kappa shape index (κ2) is 17.8. The van der Waals surface area contributed by atoms with Gasteiger partial charge in [0.2, 0.25) is 5.69 Å². The highest BCUT2D eigenvalue weighted by Crippen LogP contribution is 2.49. The van der Waals surface area contributed by atoms with E-state index < -0.39 is 37.0 Å². The van der Waals surface area contributed by atoms with Crippen molar-refractivity contribution in [2.24, 2.45) is 0 Å². The molecule has 0 saturated carbocycles. The number of fused-ring (bicyclic) bond motifs is 2. The summed E-state index contributed by atoms with van der Waals surface area (Å²) in [5.74, 6) is 0.0358. The summed E-state index contributed by atoms with van der Waals surface area (Å²) < 4.78 is 83.6. The molecule has 2 heterocycles. The van der Waals surface area contributed by atoms with E-state index in [2.05, 4.69) is 76.1 Å². The van der Waals surface area contributed by atoms with Crippen LogP contribution in [-0.4, -0.2) is 125 Å². The summed E-state index contributed by atoms with van der Waals surface area (Å²) in [4.78, 5) is 13.4. The predicted octanol–water partition coefficient (Wildman–Crippen LogP) is 7.44. The van der Waals surface area contributed by atoms with E-state index >= 15 is 0 Å². The zero-order chi connectivity index (χ0) is 47.2. The monoisotopic (exact) mass is 915 g/mol. The lowest BCUT2D eigenvalue weighted by Crippen LogP contribution is -2.37. The van der Waals surface area contributed by atoms with Crippen molar-refractivity contribution in [2.45, 2.75) is 80.4 Å². The molecule has 0 saturated heterocycles. The molecular formula is C49H63N4O9S2+. The highest BCUT2D eigenvalue weighted by atomic mass is 32.2. The summed E-state index contributed by atoms with van der Waals surface area (Å²) in [5.41, 5.74) is 5.69. The first-order valence-electron chi connectivity index (χ1n) is 21.7. The van der Waals surface area contributed by atoms with Crippen LogP contribution in [0.1, 0.15) is 81.3 Å². The minimum absolute atomic E-state index is 0.129. The summed E-state index contributed by atoms with van der Waals surface area (Å²) in [6.45, 7) is 11.3. The van der Waals surface area contributed by atoms with Gasteiger partial charge >= 0.3 is 5.97 Å². The molecule has 0 bridgehead atoms. The topological polar surface area (TPSA) is 167 Å². The Morgan fingerprint density at radius 2 is 1.38 bits per heavy atom. The van der Waals surface area contributed by atoms with Crippen molar-refractivity contribution in [3.8, 4) is 5.75 Å². The number of nitrogens with zero attached hydrogens (tertiary/aromatic N) is 4. The number of aromatic carboxylic acids is 1. The third-order valence-electron chi connectivity index (χ3n) is 12.4. The smallest absolute Gasteiger partial charge is 0.335 e. The molecule has 0 amide bonds. The van der Waals surface area contributed by atoms with Gasteiger partial charge in [-0.1, -0.05) is 19.9 Å². The molecule has 15 heteroatoms. The average molecular weight is 916 g/mol. The molecule has 0 fully saturated rings. The van der Waals surface area contributed by atoms with E-state index in [4.69, 9.17) is 4.74 Å². The van der Waals surface area contributed by atoms with Gasteiger partial charge in [-0.25, -0.2) is 21.6 Å². The Morgan fingerprint density at radius 1 is 0.781 bits per heavy atom. The van der Waals surface area contributed by atoms with Crippen LogP contribution >= 0.6 is 0 Å². The second-order valence-electron chi connectivity index (χ2n) is 20.2. The lowest BCUT2D eigenvalue weighted by Gasteiger charge is -2.29. The Balaban J connectivity index is 1.49. The first-order chi connectivity index (χ1) is 29.6. The number of hydrogen-bond donors (Lipinski definition) is 1. The quantitative estimate of drug-likeness (QED) is 0.0867. The van der Waals surface area contributed by atoms with Gasteiger partial charge in [-0.3, -0.25) is 0 Å². The summed E-state index contributed by atoms with van der Waals surface area (Å²) >= 11 is 0. The fourth-order valence-corrected chi connectivity index (χ4v) is 10.00. The maximum atomic E-state index is 12.2. The van der Waals surface area contributed by atoms with Crippen LogP contribution in [0.2, 0.25) is 0 Å². The zero-order valence-corrected chi connectivity index (χ0v) is 40.4. The number of benzene rings is 3. The van der Waals surface area contributed by atoms with Crippen LogP contribution < -0.4 is 9.64 Å². The Morgan fingerprint density at radius 3 is 1.97 bits per heavy atom. The van der Waals surface area contributed by atoms with Gasteiger partial charge in [0.15, 0.2) is 12.3 Å². The fraction of sp³-hybridized carbons (Fsp3) is 0.429. The molecule has 1 aliphatic carbocycles. The third kappa shape index (κ3) is 10.8. The van der Waals surface area contributed by atoms with E-state index in [1.807, 2.05) is 27.7 Å². The molecule has 0 spiro atoms. The minimum Gasteiger partial charge on any atom is -0.744 e. The summed E-state index contributed by atoms with van der Waals surface area (Å²) in [6.07, 6.45) is 12.1. The van der Waals surface area contributed by atoms with Crippen LogP contribution in [0.3, 0.4) is 0 Å². The number of quaternary nitrogens is 2. The maximum Gasteiger partial charge on any atom is 0.335 e. The number of ether oxygens (including phenoxy) is 1. The van der Waals surface area contributed by atoms with E-state index in [0.717, 1.165) is 86.4 Å². The van der Waals surface area contributed by atoms with Gasteiger partial charge in [-0.15, -0.1) is 0 Å². The van der Waals surface area contributed by atoms with Crippen molar-refractivity contribution in [1.29, 1.82) is 0 Å². The molecule has 344 valence electrons. The molecule has 0 unspecified atom stereocenters. The Labute approximate surface area is 379 Å². The number of carboxylic acids is 1. The van der Waals surface area contributed by atoms with Gasteiger partial charge in [0.05, 0.1) is 82.6 Å². The standard InChI is InChI=1S/C49H62N4O9S2/c1-48(2)40-32-38(63(56,57)58)22-24-42(40)50(28-12-30-52(5,6)7)44(48)26-18-34-14-11-15-35(46(34)62-37-20-16-36(17-21-37)47(54)55)19-27-45-49(3,4)41-33-39(64(59,60)61)23-25-43(41)51(45)29-13-31-53(8,9)10/h16-27,32-33H,11-15,28-31H2,1-10H3/p+1. The molecule has 13 nitrogen and oxygen atoms in total. The van der Waals surface area contributed by atoms with Crippen LogP contribution in [-0.2, 0) is 31.1 Å². The normalized spacial score (nSPS) is 19.0. The van der Waals surface area contributed by atoms with Gasteiger partial charge in [-0.05, 0) is 117 Å². The van der Waals surface area contributed by atoms with Gasteiger partial charge in [0, 0.05) is 47.5 Å². The summed E-state index contributed by atoms with van der Waals surface area (Å²) in [6, 6.07) is 15.5. The van der Waals surface area contributed by atoms with E-state index in [1.54, 1.807) is 24.3 Å². The van der Waals surface area contributed by atoms with Crippen LogP contribution in [0.4, 0.5) is 11.4 Å². The highest BCUT2D eigenvalue weighted by molar-refractivity contribution is 7.86. The Bertz CT molecular complexity index is 2710. The lowest BCUT2D eigenvalue weighted by molar-refractivity contribution is -0.871. The van der Waals surface area contributed by atoms with Crippen molar-refractivity contribution in [3.63, 3.8) is 0 Å². The molecule has 64 heavy (non-hydrogen) atoms. The van der Waals surface area contributed by atoms with Crippen LogP contribution in [0.25, 0.3) is 0 Å². The average Bonchev–Trinajstić information content (AvgIpc) is 3.52. The van der Waals surface area contributed by atoms with Crippen LogP contribution in [0.5, 0.6) is 5.75 Å². The van der Waals surface area contributed by atoms with Crippen LogP contribution in [0, 0.1) is 0 Å². The first-order valence-corrected chi connectivity index (χ1v) is 24.5. The van der Waals surface area contributed by atoms with E-state index in [0.29, 0.717) is 37.4 Å². The van der Waals surface area contributed by atoms with E-state index in [-0.39, 0.29) is 15.4 Å². The van der Waals surface area contributed by atoms with Crippen LogP contribution in [0.15, 0.2) is 117 Å². The number of hydrogen-bond acceptors (Lipinski definition) is 9. The van der Waals surface area contributed by atoms with Crippen molar-refractivity contribution >= 4 is 43.3 Å². The van der Waals surface area contributed by atoms with E-state index in [1.165, 1.54) is 36.4 Å². The number of rotatable bonds is 16. The van der Waals surface area contributed by atoms with Gasteiger partial charge in [0.1, 0.15) is 31.7 Å². The molecule has 2 aliphatic heterocycles. The predicted molar refractivity (Wildman–Crippen MR) is 247 cm³/mol. The van der Waals surface area contributed by atoms with Crippen molar-refractivity contribution < 1.29 is 54.1 Å². The molecule has 3 aliphatic rings. The SMILES string of the molecule is CC1(C)C(/C=C/C2=C(Oc3ccc(C(=O)O)cc3)C(=C/C=C3/N(CCC[N+](C)(C)C)c4ccc(S(=O)(=O)[O-])cc4C3(C)C)/CCC2)=[N+](CCC[N+](C)(C)C)c2ccc(S(=O)(=O)[O-])cc21. The highest BCUT2D eigenvalue weighted by Gasteiger charge is 2.45. The number of carbonyl (C=O) groups is 1. The van der Waals surface area contributed by atoms with Gasteiger partial charge in [-0.2, -0.15) is 4.58 Å². The van der Waals surface area contributed by atoms with Gasteiger partial charge in [0.25, 0.3) is 0 Å².